The standard InChI is InChI=1S/C25H27N3O4S/c1-5-31-24(29)22-16-11-10-15-12-19(30-4)20(32-14(2)3)13-17(15)23(16)28(27-22)25-26-18-8-6-7-9-21(18)33-25/h6-9,12-14,25-26H,5,10-11H2,1-4H3. The molecule has 3 aromatic rings. The maximum absolute atomic E-state index is 12.8. The minimum absolute atomic E-state index is 0.00145. The van der Waals surface area contributed by atoms with Crippen LogP contribution in [0.15, 0.2) is 41.3 Å². The van der Waals surface area contributed by atoms with Crippen LogP contribution in [0.25, 0.3) is 11.3 Å². The zero-order valence-electron chi connectivity index (χ0n) is 19.2. The fraction of sp³-hybridized carbons (Fsp3) is 0.360. The number of nitrogens with zero attached hydrogens (tertiary/aromatic N) is 2. The average Bonchev–Trinajstić information content (AvgIpc) is 3.40. The van der Waals surface area contributed by atoms with Crippen LogP contribution in [0.4, 0.5) is 5.69 Å². The lowest BCUT2D eigenvalue weighted by molar-refractivity contribution is 0.0517. The number of ether oxygens (including phenoxy) is 3. The molecule has 1 unspecified atom stereocenters. The zero-order valence-corrected chi connectivity index (χ0v) is 20.0. The highest BCUT2D eigenvalue weighted by Crippen LogP contribution is 2.48. The molecule has 1 aliphatic carbocycles. The number of aromatic nitrogens is 2. The Balaban J connectivity index is 1.67. The first-order valence-corrected chi connectivity index (χ1v) is 12.1. The van der Waals surface area contributed by atoms with Crippen LogP contribution < -0.4 is 14.8 Å². The normalized spacial score (nSPS) is 16.0. The Hall–Kier alpha value is -3.13. The summed E-state index contributed by atoms with van der Waals surface area (Å²) in [7, 11) is 1.66. The van der Waals surface area contributed by atoms with Crippen LogP contribution in [0.2, 0.25) is 0 Å². The molecule has 33 heavy (non-hydrogen) atoms. The van der Waals surface area contributed by atoms with Crippen molar-refractivity contribution in [3.63, 3.8) is 0 Å². The van der Waals surface area contributed by atoms with Gasteiger partial charge < -0.3 is 19.5 Å². The molecule has 0 saturated carbocycles. The van der Waals surface area contributed by atoms with Gasteiger partial charge in [0, 0.05) is 16.0 Å². The molecule has 7 nitrogen and oxygen atoms in total. The molecule has 1 aromatic heterocycles. The Labute approximate surface area is 197 Å². The first kappa shape index (κ1) is 21.7. The van der Waals surface area contributed by atoms with Gasteiger partial charge in [-0.1, -0.05) is 23.9 Å². The number of hydrogen-bond acceptors (Lipinski definition) is 7. The number of rotatable bonds is 6. The number of esters is 1. The number of aryl methyl sites for hydroxylation is 1. The van der Waals surface area contributed by atoms with Gasteiger partial charge in [-0.25, -0.2) is 9.48 Å². The number of fused-ring (bicyclic) bond motifs is 4. The van der Waals surface area contributed by atoms with Gasteiger partial charge in [0.1, 0.15) is 0 Å². The van der Waals surface area contributed by atoms with E-state index in [1.165, 1.54) is 0 Å². The number of methoxy groups -OCH3 is 1. The van der Waals surface area contributed by atoms with Gasteiger partial charge in [0.15, 0.2) is 22.7 Å². The number of nitrogens with one attached hydrogen (secondary N) is 1. The van der Waals surface area contributed by atoms with Gasteiger partial charge in [-0.2, -0.15) is 5.10 Å². The van der Waals surface area contributed by atoms with Crippen LogP contribution in [0, 0.1) is 0 Å². The highest BCUT2D eigenvalue weighted by molar-refractivity contribution is 8.00. The number of hydrogen-bond donors (Lipinski definition) is 1. The lowest BCUT2D eigenvalue weighted by Gasteiger charge is -2.24. The van der Waals surface area contributed by atoms with E-state index >= 15 is 0 Å². The highest BCUT2D eigenvalue weighted by atomic mass is 32.2. The van der Waals surface area contributed by atoms with Gasteiger partial charge in [-0.3, -0.25) is 0 Å². The van der Waals surface area contributed by atoms with Gasteiger partial charge in [0.05, 0.1) is 31.2 Å². The predicted octanol–water partition coefficient (Wildman–Crippen LogP) is 5.30. The molecule has 1 N–H and O–H groups in total. The summed E-state index contributed by atoms with van der Waals surface area (Å²) in [5, 5.41) is 8.33. The van der Waals surface area contributed by atoms with E-state index in [0.717, 1.165) is 39.4 Å². The largest absolute Gasteiger partial charge is 0.493 e. The van der Waals surface area contributed by atoms with Gasteiger partial charge in [-0.15, -0.1) is 0 Å². The first-order valence-electron chi connectivity index (χ1n) is 11.2. The molecule has 1 atom stereocenters. The van der Waals surface area contributed by atoms with Crippen molar-refractivity contribution in [1.29, 1.82) is 0 Å². The van der Waals surface area contributed by atoms with Crippen molar-refractivity contribution in [3.05, 3.63) is 53.2 Å². The van der Waals surface area contributed by atoms with Crippen molar-refractivity contribution < 1.29 is 19.0 Å². The van der Waals surface area contributed by atoms with Gasteiger partial charge in [0.25, 0.3) is 0 Å². The number of carbonyl (C=O) groups is 1. The molecule has 8 heteroatoms. The molecule has 0 amide bonds. The smallest absolute Gasteiger partial charge is 0.359 e. The lowest BCUT2D eigenvalue weighted by atomic mass is 9.88. The number of para-hydroxylation sites is 1. The Bertz CT molecular complexity index is 1200. The molecule has 0 saturated heterocycles. The molecule has 0 spiro atoms. The fourth-order valence-corrected chi connectivity index (χ4v) is 5.49. The van der Waals surface area contributed by atoms with Crippen LogP contribution in [0.1, 0.15) is 47.9 Å². The Morgan fingerprint density at radius 3 is 2.79 bits per heavy atom. The van der Waals surface area contributed by atoms with Crippen molar-refractivity contribution in [2.24, 2.45) is 0 Å². The van der Waals surface area contributed by atoms with Crippen LogP contribution in [0.5, 0.6) is 11.5 Å². The molecule has 2 aliphatic rings. The van der Waals surface area contributed by atoms with Crippen molar-refractivity contribution in [1.82, 2.24) is 9.78 Å². The SMILES string of the molecule is CCOC(=O)c1nn(C2Nc3ccccc3S2)c2c1CCc1cc(OC)c(OC(C)C)cc1-2. The summed E-state index contributed by atoms with van der Waals surface area (Å²) in [4.78, 5) is 14.0. The Kier molecular flexibility index (Phi) is 5.70. The Morgan fingerprint density at radius 1 is 1.24 bits per heavy atom. The van der Waals surface area contributed by atoms with E-state index in [-0.39, 0.29) is 17.6 Å². The third-order valence-electron chi connectivity index (χ3n) is 5.76. The van der Waals surface area contributed by atoms with E-state index in [9.17, 15) is 4.79 Å². The summed E-state index contributed by atoms with van der Waals surface area (Å²) in [6.45, 7) is 6.10. The van der Waals surface area contributed by atoms with Crippen molar-refractivity contribution in [2.75, 3.05) is 19.0 Å². The first-order chi connectivity index (χ1) is 16.0. The minimum Gasteiger partial charge on any atom is -0.493 e. The minimum atomic E-state index is -0.386. The molecule has 0 radical (unpaired) electrons. The number of anilines is 1. The van der Waals surface area contributed by atoms with Crippen LogP contribution >= 0.6 is 11.8 Å². The Morgan fingerprint density at radius 2 is 2.06 bits per heavy atom. The summed E-state index contributed by atoms with van der Waals surface area (Å²) in [6, 6.07) is 12.2. The second kappa shape index (κ2) is 8.67. The van der Waals surface area contributed by atoms with Crippen molar-refractivity contribution in [2.45, 2.75) is 50.1 Å². The van der Waals surface area contributed by atoms with E-state index in [2.05, 4.69) is 17.4 Å². The summed E-state index contributed by atoms with van der Waals surface area (Å²) in [5.41, 5.74) is 5.26. The molecular weight excluding hydrogens is 438 g/mol. The molecule has 1 aliphatic heterocycles. The molecule has 2 heterocycles. The van der Waals surface area contributed by atoms with E-state index in [1.54, 1.807) is 18.9 Å². The average molecular weight is 466 g/mol. The van der Waals surface area contributed by atoms with Crippen molar-refractivity contribution in [3.8, 4) is 22.8 Å². The topological polar surface area (TPSA) is 74.6 Å². The third-order valence-corrected chi connectivity index (χ3v) is 6.91. The third kappa shape index (κ3) is 3.82. The van der Waals surface area contributed by atoms with Crippen LogP contribution in [0.3, 0.4) is 0 Å². The second-order valence-electron chi connectivity index (χ2n) is 8.28. The van der Waals surface area contributed by atoms with E-state index in [4.69, 9.17) is 19.3 Å². The quantitative estimate of drug-likeness (QED) is 0.496. The summed E-state index contributed by atoms with van der Waals surface area (Å²) < 4.78 is 18.9. The fourth-order valence-electron chi connectivity index (χ4n) is 4.40. The van der Waals surface area contributed by atoms with E-state index in [1.807, 2.05) is 49.7 Å². The van der Waals surface area contributed by atoms with Crippen LogP contribution in [-0.2, 0) is 17.6 Å². The monoisotopic (exact) mass is 465 g/mol. The van der Waals surface area contributed by atoms with Gasteiger partial charge in [0.2, 0.25) is 0 Å². The molecule has 172 valence electrons. The van der Waals surface area contributed by atoms with Gasteiger partial charge in [-0.05, 0) is 63.4 Å². The summed E-state index contributed by atoms with van der Waals surface area (Å²) >= 11 is 1.68. The summed E-state index contributed by atoms with van der Waals surface area (Å²) in [5.74, 6) is 1.01. The molecule has 0 fully saturated rings. The van der Waals surface area contributed by atoms with Crippen molar-refractivity contribution >= 4 is 23.4 Å². The predicted molar refractivity (Wildman–Crippen MR) is 128 cm³/mol. The second-order valence-corrected chi connectivity index (χ2v) is 9.40. The molecular formula is C25H27N3O4S. The molecule has 5 rings (SSSR count). The maximum Gasteiger partial charge on any atom is 0.359 e. The maximum atomic E-state index is 12.8. The number of thioether (sulfide) groups is 1. The summed E-state index contributed by atoms with van der Waals surface area (Å²) in [6.07, 6.45) is 1.49. The van der Waals surface area contributed by atoms with E-state index < -0.39 is 0 Å². The van der Waals surface area contributed by atoms with Gasteiger partial charge >= 0.3 is 5.97 Å². The number of carbonyl (C=O) groups excluding carboxylic acids is 1. The molecule has 0 bridgehead atoms. The van der Waals surface area contributed by atoms with Crippen LogP contribution in [-0.4, -0.2) is 35.6 Å². The zero-order chi connectivity index (χ0) is 23.1. The number of benzene rings is 2. The highest BCUT2D eigenvalue weighted by Gasteiger charge is 2.34. The lowest BCUT2D eigenvalue weighted by Crippen LogP contribution is -2.16. The van der Waals surface area contributed by atoms with E-state index in [0.29, 0.717) is 30.2 Å². The molecule has 2 aromatic carbocycles.